The van der Waals surface area contributed by atoms with Gasteiger partial charge in [0.2, 0.25) is 0 Å². The lowest BCUT2D eigenvalue weighted by Gasteiger charge is -2.15. The highest BCUT2D eigenvalue weighted by molar-refractivity contribution is 7.86. The first-order chi connectivity index (χ1) is 9.03. The van der Waals surface area contributed by atoms with E-state index in [1.165, 1.54) is 12.1 Å². The van der Waals surface area contributed by atoms with Gasteiger partial charge in [-0.3, -0.25) is 4.55 Å². The number of hydrogen-bond acceptors (Lipinski definition) is 7. The highest BCUT2D eigenvalue weighted by Crippen LogP contribution is 2.38. The molecule has 0 aliphatic rings. The van der Waals surface area contributed by atoms with E-state index >= 15 is 0 Å². The molecule has 0 aliphatic carbocycles. The Bertz CT molecular complexity index is 916. The Morgan fingerprint density at radius 3 is 2.20 bits per heavy atom. The van der Waals surface area contributed by atoms with Gasteiger partial charge in [-0.25, -0.2) is 8.42 Å². The fourth-order valence-electron chi connectivity index (χ4n) is 1.85. The molecule has 0 aliphatic heterocycles. The average molecular weight is 318 g/mol. The molecule has 0 fully saturated rings. The Morgan fingerprint density at radius 1 is 1.10 bits per heavy atom. The second-order valence-corrected chi connectivity index (χ2v) is 6.65. The Morgan fingerprint density at radius 2 is 1.70 bits per heavy atom. The first-order valence-corrected chi connectivity index (χ1v) is 7.86. The van der Waals surface area contributed by atoms with Gasteiger partial charge in [-0.1, -0.05) is 12.1 Å². The lowest BCUT2D eigenvalue weighted by atomic mass is 10.1. The molecule has 0 saturated carbocycles. The number of fused-ring (bicyclic) bond motifs is 1. The smallest absolute Gasteiger partial charge is 0.296 e. The van der Waals surface area contributed by atoms with E-state index < -0.39 is 41.5 Å². The number of phenolic OH excluding ortho intramolecular Hbond substituents is 1. The molecule has 108 valence electrons. The summed E-state index contributed by atoms with van der Waals surface area (Å²) in [4.78, 5) is -1.86. The van der Waals surface area contributed by atoms with Gasteiger partial charge in [-0.15, -0.1) is 0 Å². The topological polar surface area (TPSA) is 158 Å². The minimum Gasteiger partial charge on any atom is -0.744 e. The Hall–Kier alpha value is -1.88. The van der Waals surface area contributed by atoms with Gasteiger partial charge in [0.15, 0.2) is 0 Å². The molecule has 2 aromatic carbocycles. The molecule has 0 unspecified atom stereocenters. The van der Waals surface area contributed by atoms with Crippen LogP contribution >= 0.6 is 0 Å². The van der Waals surface area contributed by atoms with Gasteiger partial charge < -0.3 is 15.4 Å². The second-order valence-electron chi connectivity index (χ2n) is 3.92. The summed E-state index contributed by atoms with van der Waals surface area (Å²) in [5.41, 5.74) is 4.97. The van der Waals surface area contributed by atoms with Crippen LogP contribution < -0.4 is 5.73 Å². The zero-order valence-electron chi connectivity index (χ0n) is 9.64. The van der Waals surface area contributed by atoms with Crippen LogP contribution in [-0.4, -0.2) is 31.0 Å². The van der Waals surface area contributed by atoms with Crippen LogP contribution in [0.1, 0.15) is 0 Å². The molecular weight excluding hydrogens is 310 g/mol. The molecule has 10 heteroatoms. The molecule has 0 saturated heterocycles. The minimum atomic E-state index is -5.04. The highest BCUT2D eigenvalue weighted by atomic mass is 32.2. The predicted molar refractivity (Wildman–Crippen MR) is 67.8 cm³/mol. The predicted octanol–water partition coefficient (Wildman–Crippen LogP) is 0.278. The summed E-state index contributed by atoms with van der Waals surface area (Å²) in [7, 11) is -9.90. The van der Waals surface area contributed by atoms with Crippen molar-refractivity contribution in [2.24, 2.45) is 0 Å². The molecule has 4 N–H and O–H groups in total. The normalized spacial score (nSPS) is 12.7. The van der Waals surface area contributed by atoms with Crippen molar-refractivity contribution in [1.29, 1.82) is 0 Å². The summed E-state index contributed by atoms with van der Waals surface area (Å²) in [5.74, 6) is -0.518. The van der Waals surface area contributed by atoms with Gasteiger partial charge >= 0.3 is 0 Å². The van der Waals surface area contributed by atoms with Crippen molar-refractivity contribution >= 4 is 36.7 Å². The molecule has 20 heavy (non-hydrogen) atoms. The van der Waals surface area contributed by atoms with Crippen molar-refractivity contribution in [3.8, 4) is 5.75 Å². The van der Waals surface area contributed by atoms with Gasteiger partial charge in [-0.05, 0) is 12.1 Å². The van der Waals surface area contributed by atoms with Crippen molar-refractivity contribution in [1.82, 2.24) is 0 Å². The Kier molecular flexibility index (Phi) is 3.13. The van der Waals surface area contributed by atoms with Gasteiger partial charge in [0, 0.05) is 10.8 Å². The monoisotopic (exact) mass is 318 g/mol. The van der Waals surface area contributed by atoms with Gasteiger partial charge in [0.25, 0.3) is 10.1 Å². The van der Waals surface area contributed by atoms with Crippen LogP contribution in [0.2, 0.25) is 0 Å². The van der Waals surface area contributed by atoms with E-state index in [1.54, 1.807) is 0 Å². The van der Waals surface area contributed by atoms with Crippen molar-refractivity contribution < 1.29 is 31.0 Å². The van der Waals surface area contributed by atoms with Crippen molar-refractivity contribution in [2.75, 3.05) is 5.73 Å². The van der Waals surface area contributed by atoms with E-state index in [1.807, 2.05) is 0 Å². The average Bonchev–Trinajstić information content (AvgIpc) is 2.25. The van der Waals surface area contributed by atoms with E-state index in [2.05, 4.69) is 0 Å². The molecular formula is C10H8NO7S2-. The number of rotatable bonds is 2. The summed E-state index contributed by atoms with van der Waals surface area (Å²) in [6.45, 7) is 0. The van der Waals surface area contributed by atoms with E-state index in [4.69, 9.17) is 10.3 Å². The standard InChI is InChI=1S/C10H9NO7S2/c11-10-8(20(16,17)18)4-7(19(13,14)15)5-2-1-3-6(12)9(5)10/h1-4,12H,11H2,(H,13,14,15)(H,16,17,18)/p-1. The van der Waals surface area contributed by atoms with Crippen LogP contribution in [0.3, 0.4) is 0 Å². The SMILES string of the molecule is Nc1c(S(=O)(=O)O)cc(S(=O)(=O)[O-])c2cccc(O)c12. The highest BCUT2D eigenvalue weighted by Gasteiger charge is 2.22. The maximum atomic E-state index is 11.2. The lowest BCUT2D eigenvalue weighted by Crippen LogP contribution is -2.08. The van der Waals surface area contributed by atoms with E-state index in [0.29, 0.717) is 6.07 Å². The summed E-state index contributed by atoms with van der Waals surface area (Å²) in [6, 6.07) is 4.05. The molecule has 0 aromatic heterocycles. The summed E-state index contributed by atoms with van der Waals surface area (Å²) >= 11 is 0. The fraction of sp³-hybridized carbons (Fsp3) is 0. The van der Waals surface area contributed by atoms with Crippen LogP contribution in [0.25, 0.3) is 10.8 Å². The van der Waals surface area contributed by atoms with E-state index in [0.717, 1.165) is 6.07 Å². The van der Waals surface area contributed by atoms with Crippen LogP contribution in [0.5, 0.6) is 5.75 Å². The maximum Gasteiger partial charge on any atom is 0.296 e. The van der Waals surface area contributed by atoms with Crippen LogP contribution in [0.4, 0.5) is 5.69 Å². The molecule has 0 radical (unpaired) electrons. The molecule has 2 aromatic rings. The first-order valence-electron chi connectivity index (χ1n) is 5.01. The number of anilines is 1. The Balaban J connectivity index is 3.17. The van der Waals surface area contributed by atoms with Crippen LogP contribution in [0.15, 0.2) is 34.1 Å². The third kappa shape index (κ3) is 2.29. The zero-order chi connectivity index (χ0) is 15.3. The minimum absolute atomic E-state index is 0.232. The number of benzene rings is 2. The van der Waals surface area contributed by atoms with E-state index in [-0.39, 0.29) is 10.8 Å². The third-order valence-corrected chi connectivity index (χ3v) is 4.42. The zero-order valence-corrected chi connectivity index (χ0v) is 11.3. The second kappa shape index (κ2) is 4.31. The molecule has 0 bridgehead atoms. The van der Waals surface area contributed by atoms with Crippen molar-refractivity contribution in [2.45, 2.75) is 9.79 Å². The molecule has 0 amide bonds. The number of nitrogen functional groups attached to an aromatic ring is 1. The van der Waals surface area contributed by atoms with E-state index in [9.17, 15) is 26.5 Å². The summed E-state index contributed by atoms with van der Waals surface area (Å²) in [5, 5.41) is 9.11. The molecule has 0 atom stereocenters. The molecule has 0 heterocycles. The van der Waals surface area contributed by atoms with Crippen molar-refractivity contribution in [3.05, 3.63) is 24.3 Å². The molecule has 8 nitrogen and oxygen atoms in total. The quantitative estimate of drug-likeness (QED) is 0.526. The largest absolute Gasteiger partial charge is 0.744 e. The number of aromatic hydroxyl groups is 1. The number of phenols is 1. The van der Waals surface area contributed by atoms with Crippen LogP contribution in [-0.2, 0) is 20.2 Å². The fourth-order valence-corrected chi connectivity index (χ4v) is 3.27. The third-order valence-electron chi connectivity index (χ3n) is 2.65. The summed E-state index contributed by atoms with van der Waals surface area (Å²) in [6.07, 6.45) is 0. The summed E-state index contributed by atoms with van der Waals surface area (Å²) < 4.78 is 65.0. The number of nitrogens with two attached hydrogens (primary N) is 1. The van der Waals surface area contributed by atoms with Crippen molar-refractivity contribution in [3.63, 3.8) is 0 Å². The Labute approximate surface area is 114 Å². The van der Waals surface area contributed by atoms with Gasteiger partial charge in [0.1, 0.15) is 20.8 Å². The van der Waals surface area contributed by atoms with Gasteiger partial charge in [0.05, 0.1) is 10.6 Å². The lowest BCUT2D eigenvalue weighted by molar-refractivity contribution is 0.463. The number of hydrogen-bond donors (Lipinski definition) is 3. The maximum absolute atomic E-state index is 11.2. The van der Waals surface area contributed by atoms with Gasteiger partial charge in [-0.2, -0.15) is 8.42 Å². The molecule has 2 rings (SSSR count). The molecule has 0 spiro atoms. The first kappa shape index (κ1) is 14.5. The van der Waals surface area contributed by atoms with Crippen LogP contribution in [0, 0.1) is 0 Å².